The molecule has 0 aliphatic heterocycles. The molecule has 0 radical (unpaired) electrons. The molecule has 0 bridgehead atoms. The fraction of sp³-hybridized carbons (Fsp3) is 0.455. The number of fused-ring (bicyclic) bond motifs is 1. The van der Waals surface area contributed by atoms with Crippen LogP contribution in [-0.2, 0) is 18.1 Å². The Balaban J connectivity index is 1.22. The molecule has 1 fully saturated rings. The predicted octanol–water partition coefficient (Wildman–Crippen LogP) is 8.57. The van der Waals surface area contributed by atoms with Crippen LogP contribution in [0.1, 0.15) is 69.1 Å². The summed E-state index contributed by atoms with van der Waals surface area (Å²) in [6.07, 6.45) is 6.97. The van der Waals surface area contributed by atoms with Gasteiger partial charge in [-0.2, -0.15) is 0 Å². The number of ether oxygens (including phenoxy) is 1. The molecule has 0 atom stereocenters. The molecular formula is C33H43N3O2Si. The van der Waals surface area contributed by atoms with Crippen molar-refractivity contribution in [3.8, 4) is 17.1 Å². The quantitative estimate of drug-likeness (QED) is 0.220. The van der Waals surface area contributed by atoms with Crippen LogP contribution in [0, 0.1) is 6.92 Å². The Morgan fingerprint density at radius 3 is 2.36 bits per heavy atom. The maximum atomic E-state index is 6.72. The number of hydrogen-bond acceptors (Lipinski definition) is 4. The van der Waals surface area contributed by atoms with Gasteiger partial charge in [-0.3, -0.25) is 4.68 Å². The van der Waals surface area contributed by atoms with Crippen molar-refractivity contribution in [1.29, 1.82) is 0 Å². The number of rotatable bonds is 7. The van der Waals surface area contributed by atoms with Crippen molar-refractivity contribution < 1.29 is 9.16 Å². The highest BCUT2D eigenvalue weighted by Crippen LogP contribution is 2.42. The van der Waals surface area contributed by atoms with Crippen LogP contribution in [-0.4, -0.2) is 29.2 Å². The van der Waals surface area contributed by atoms with Crippen molar-refractivity contribution in [1.82, 2.24) is 14.8 Å². The third-order valence-corrected chi connectivity index (χ3v) is 13.3. The Labute approximate surface area is 234 Å². The Hall–Kier alpha value is -2.96. The highest BCUT2D eigenvalue weighted by molar-refractivity contribution is 6.74. The summed E-state index contributed by atoms with van der Waals surface area (Å²) in [5.74, 6) is 1.24. The largest absolute Gasteiger partial charge is 0.472 e. The first-order valence-corrected chi connectivity index (χ1v) is 17.2. The second kappa shape index (κ2) is 10.9. The molecule has 5 rings (SSSR count). The van der Waals surface area contributed by atoms with Gasteiger partial charge in [0, 0.05) is 35.9 Å². The van der Waals surface area contributed by atoms with E-state index in [1.165, 1.54) is 16.5 Å². The lowest BCUT2D eigenvalue weighted by molar-refractivity contribution is 0.129. The van der Waals surface area contributed by atoms with Gasteiger partial charge in [0.15, 0.2) is 8.32 Å². The first-order valence-electron chi connectivity index (χ1n) is 14.3. The van der Waals surface area contributed by atoms with Gasteiger partial charge in [-0.05, 0) is 79.9 Å². The summed E-state index contributed by atoms with van der Waals surface area (Å²) >= 11 is 0. The van der Waals surface area contributed by atoms with Crippen LogP contribution in [0.15, 0.2) is 60.8 Å². The molecule has 5 nitrogen and oxygen atoms in total. The van der Waals surface area contributed by atoms with Crippen molar-refractivity contribution in [3.63, 3.8) is 0 Å². The lowest BCUT2D eigenvalue weighted by atomic mass is 9.84. The molecule has 0 unspecified atom stereocenters. The molecule has 1 saturated carbocycles. The minimum atomic E-state index is -1.74. The van der Waals surface area contributed by atoms with Crippen molar-refractivity contribution in [2.45, 2.75) is 90.1 Å². The molecule has 0 N–H and O–H groups in total. The van der Waals surface area contributed by atoms with Gasteiger partial charge in [-0.1, -0.05) is 63.2 Å². The number of aryl methyl sites for hydroxylation is 2. The van der Waals surface area contributed by atoms with Gasteiger partial charge in [0.1, 0.15) is 6.61 Å². The van der Waals surface area contributed by atoms with E-state index >= 15 is 0 Å². The third-order valence-electron chi connectivity index (χ3n) is 8.72. The van der Waals surface area contributed by atoms with Crippen LogP contribution in [0.5, 0.6) is 5.88 Å². The summed E-state index contributed by atoms with van der Waals surface area (Å²) in [5.41, 5.74) is 6.71. The average molecular weight is 542 g/mol. The van der Waals surface area contributed by atoms with E-state index < -0.39 is 8.32 Å². The van der Waals surface area contributed by atoms with Crippen molar-refractivity contribution in [3.05, 3.63) is 77.5 Å². The molecule has 0 saturated heterocycles. The molecule has 1 aliphatic carbocycles. The van der Waals surface area contributed by atoms with Gasteiger partial charge < -0.3 is 9.16 Å². The summed E-state index contributed by atoms with van der Waals surface area (Å²) in [6.45, 7) is 14.3. The van der Waals surface area contributed by atoms with E-state index in [9.17, 15) is 0 Å². The molecule has 2 heterocycles. The number of aromatic nitrogens is 3. The maximum absolute atomic E-state index is 6.72. The van der Waals surface area contributed by atoms with Crippen molar-refractivity contribution in [2.24, 2.45) is 7.05 Å². The summed E-state index contributed by atoms with van der Waals surface area (Å²) in [5, 5.41) is 6.10. The lowest BCUT2D eigenvalue weighted by Gasteiger charge is -2.41. The SMILES string of the molecule is Cc1cc2ccccc2nc1-c1ccc(COc2nn(C)cc2C2CCC(O[Si](C)(C)C(C)(C)C)CC2)cc1. The molecule has 1 aliphatic rings. The van der Waals surface area contributed by atoms with E-state index in [4.69, 9.17) is 14.1 Å². The molecule has 6 heteroatoms. The molecular weight excluding hydrogens is 498 g/mol. The van der Waals surface area contributed by atoms with Crippen LogP contribution in [0.2, 0.25) is 18.1 Å². The molecule has 2 aromatic heterocycles. The summed E-state index contributed by atoms with van der Waals surface area (Å²) in [4.78, 5) is 4.92. The molecule has 0 amide bonds. The zero-order chi connectivity index (χ0) is 27.8. The van der Waals surface area contributed by atoms with Gasteiger partial charge in [0.2, 0.25) is 5.88 Å². The van der Waals surface area contributed by atoms with Gasteiger partial charge in [0.25, 0.3) is 0 Å². The lowest BCUT2D eigenvalue weighted by Crippen LogP contribution is -2.44. The zero-order valence-corrected chi connectivity index (χ0v) is 25.6. The van der Waals surface area contributed by atoms with Gasteiger partial charge in [-0.25, -0.2) is 4.98 Å². The average Bonchev–Trinajstić information content (AvgIpc) is 3.27. The fourth-order valence-corrected chi connectivity index (χ4v) is 6.81. The number of nitrogens with zero attached hydrogens (tertiary/aromatic N) is 3. The second-order valence-corrected chi connectivity index (χ2v) is 17.5. The minimum Gasteiger partial charge on any atom is -0.472 e. The van der Waals surface area contributed by atoms with Crippen LogP contribution in [0.3, 0.4) is 0 Å². The predicted molar refractivity (Wildman–Crippen MR) is 163 cm³/mol. The van der Waals surface area contributed by atoms with E-state index in [0.29, 0.717) is 18.6 Å². The second-order valence-electron chi connectivity index (χ2n) is 12.7. The van der Waals surface area contributed by atoms with Gasteiger partial charge in [0.05, 0.1) is 11.2 Å². The Morgan fingerprint density at radius 2 is 1.67 bits per heavy atom. The maximum Gasteiger partial charge on any atom is 0.236 e. The topological polar surface area (TPSA) is 49.2 Å². The van der Waals surface area contributed by atoms with Crippen LogP contribution in [0.4, 0.5) is 0 Å². The summed E-state index contributed by atoms with van der Waals surface area (Å²) in [6, 6.07) is 19.0. The van der Waals surface area contributed by atoms with E-state index in [2.05, 4.69) is 101 Å². The molecule has 0 spiro atoms. The fourth-order valence-electron chi connectivity index (χ4n) is 5.39. The van der Waals surface area contributed by atoms with Crippen LogP contribution < -0.4 is 4.74 Å². The standard InChI is InChI=1S/C33H43N3O2Si/c1-23-20-27-10-8-9-11-30(27)34-31(23)26-14-12-24(13-15-26)22-37-32-29(21-36(5)35-32)25-16-18-28(19-17-25)38-39(6,7)33(2,3)4/h8-15,20-21,25,28H,16-19,22H2,1-7H3. The number of hydrogen-bond donors (Lipinski definition) is 0. The zero-order valence-electron chi connectivity index (χ0n) is 24.6. The molecule has 4 aromatic rings. The van der Waals surface area contributed by atoms with Gasteiger partial charge in [-0.15, -0.1) is 5.10 Å². The first kappa shape index (κ1) is 27.6. The summed E-state index contributed by atoms with van der Waals surface area (Å²) < 4.78 is 14.9. The van der Waals surface area contributed by atoms with E-state index in [1.807, 2.05) is 17.8 Å². The van der Waals surface area contributed by atoms with Crippen LogP contribution >= 0.6 is 0 Å². The highest BCUT2D eigenvalue weighted by Gasteiger charge is 2.40. The Morgan fingerprint density at radius 1 is 0.974 bits per heavy atom. The van der Waals surface area contributed by atoms with E-state index in [-0.39, 0.29) is 5.04 Å². The smallest absolute Gasteiger partial charge is 0.236 e. The molecule has 2 aromatic carbocycles. The number of benzene rings is 2. The third kappa shape index (κ3) is 6.12. The number of pyridine rings is 1. The van der Waals surface area contributed by atoms with E-state index in [0.717, 1.165) is 53.9 Å². The monoisotopic (exact) mass is 541 g/mol. The first-order chi connectivity index (χ1) is 18.5. The molecule has 39 heavy (non-hydrogen) atoms. The summed E-state index contributed by atoms with van der Waals surface area (Å²) in [7, 11) is 0.245. The number of para-hydroxylation sites is 1. The van der Waals surface area contributed by atoms with E-state index in [1.54, 1.807) is 0 Å². The van der Waals surface area contributed by atoms with Gasteiger partial charge >= 0.3 is 0 Å². The van der Waals surface area contributed by atoms with Crippen LogP contribution in [0.25, 0.3) is 22.2 Å². The minimum absolute atomic E-state index is 0.247. The normalized spacial score (nSPS) is 18.4. The van der Waals surface area contributed by atoms with Crippen molar-refractivity contribution >= 4 is 19.2 Å². The molecule has 206 valence electrons. The Bertz CT molecular complexity index is 1430. The highest BCUT2D eigenvalue weighted by atomic mass is 28.4. The van der Waals surface area contributed by atoms with Crippen molar-refractivity contribution in [2.75, 3.05) is 0 Å². The Kier molecular flexibility index (Phi) is 7.71.